The summed E-state index contributed by atoms with van der Waals surface area (Å²) in [4.78, 5) is 24.3. The topological polar surface area (TPSA) is 116 Å². The quantitative estimate of drug-likeness (QED) is 0.627. The molecule has 0 spiro atoms. The summed E-state index contributed by atoms with van der Waals surface area (Å²) in [5.41, 5.74) is 2.63. The number of aryl methyl sites for hydroxylation is 2. The van der Waals surface area contributed by atoms with Crippen LogP contribution in [0, 0.1) is 13.8 Å². The summed E-state index contributed by atoms with van der Waals surface area (Å²) in [7, 11) is -4.06. The molecule has 4 rings (SSSR count). The van der Waals surface area contributed by atoms with E-state index in [2.05, 4.69) is 9.71 Å². The number of ketones is 1. The Kier molecular flexibility index (Phi) is 5.69. The third kappa shape index (κ3) is 4.47. The van der Waals surface area contributed by atoms with Gasteiger partial charge in [-0.05, 0) is 49.2 Å². The third-order valence-corrected chi connectivity index (χ3v) is 6.63. The van der Waals surface area contributed by atoms with Gasteiger partial charge in [0.2, 0.25) is 5.78 Å². The lowest BCUT2D eigenvalue weighted by molar-refractivity contribution is -0.255. The first-order chi connectivity index (χ1) is 15.7. The number of hydrogen-bond donors (Lipinski definition) is 1. The van der Waals surface area contributed by atoms with Crippen LogP contribution in [-0.2, 0) is 10.0 Å². The molecule has 33 heavy (non-hydrogen) atoms. The van der Waals surface area contributed by atoms with Gasteiger partial charge in [0.25, 0.3) is 10.0 Å². The molecule has 3 aromatic carbocycles. The minimum atomic E-state index is -4.06. The van der Waals surface area contributed by atoms with Crippen molar-refractivity contribution >= 4 is 33.2 Å². The molecule has 0 bridgehead atoms. The van der Waals surface area contributed by atoms with E-state index in [0.717, 1.165) is 5.56 Å². The minimum Gasteiger partial charge on any atom is -0.545 e. The normalized spacial score (nSPS) is 14.5. The highest BCUT2D eigenvalue weighted by Crippen LogP contribution is 2.26. The Labute approximate surface area is 191 Å². The summed E-state index contributed by atoms with van der Waals surface area (Å²) in [6, 6.07) is 17.4. The smallest absolute Gasteiger partial charge is 0.283 e. The number of hydrogen-bond acceptors (Lipinski definition) is 6. The fourth-order valence-electron chi connectivity index (χ4n) is 3.64. The molecular weight excluding hydrogens is 440 g/mol. The predicted octanol–water partition coefficient (Wildman–Crippen LogP) is 3.04. The van der Waals surface area contributed by atoms with Gasteiger partial charge in [0.1, 0.15) is 0 Å². The number of Topliss-reactive ketones (excluding diaryl/α,β-unsaturated/α-hetero) is 1. The van der Waals surface area contributed by atoms with Crippen molar-refractivity contribution in [2.75, 3.05) is 5.32 Å². The Hall–Kier alpha value is -4.04. The van der Waals surface area contributed by atoms with Crippen LogP contribution in [0.15, 0.2) is 87.8 Å². The first-order valence-electron chi connectivity index (χ1n) is 10.0. The fourth-order valence-corrected chi connectivity index (χ4v) is 4.86. The SMILES string of the molecule is Cc1ccc(S(=O)(=O)N=C2C=C(Nc3cccc(C(=O)[O-])c3)C(=O)c3ccccc32)c(C)c1. The number of allylic oxidation sites excluding steroid dienone is 2. The van der Waals surface area contributed by atoms with E-state index in [4.69, 9.17) is 0 Å². The monoisotopic (exact) mass is 459 g/mol. The van der Waals surface area contributed by atoms with Crippen molar-refractivity contribution in [1.82, 2.24) is 0 Å². The van der Waals surface area contributed by atoms with Gasteiger partial charge in [-0.15, -0.1) is 0 Å². The number of anilines is 1. The van der Waals surface area contributed by atoms with Crippen LogP contribution in [0.1, 0.15) is 37.4 Å². The highest BCUT2D eigenvalue weighted by molar-refractivity contribution is 7.90. The lowest BCUT2D eigenvalue weighted by atomic mass is 9.92. The van der Waals surface area contributed by atoms with Crippen molar-refractivity contribution in [3.8, 4) is 0 Å². The Bertz CT molecular complexity index is 1470. The van der Waals surface area contributed by atoms with Gasteiger partial charge < -0.3 is 15.2 Å². The molecular formula is C25H19N2O5S-. The molecule has 0 aliphatic heterocycles. The first kappa shape index (κ1) is 22.2. The summed E-state index contributed by atoms with van der Waals surface area (Å²) < 4.78 is 30.3. The van der Waals surface area contributed by atoms with Crippen molar-refractivity contribution in [3.63, 3.8) is 0 Å². The number of carbonyl (C=O) groups is 2. The molecule has 0 heterocycles. The molecule has 0 aromatic heterocycles. The predicted molar refractivity (Wildman–Crippen MR) is 123 cm³/mol. The molecule has 0 radical (unpaired) electrons. The van der Waals surface area contributed by atoms with Gasteiger partial charge >= 0.3 is 0 Å². The highest BCUT2D eigenvalue weighted by atomic mass is 32.2. The number of carboxylic acids is 1. The number of carboxylic acid groups (broad SMARTS) is 1. The third-order valence-electron chi connectivity index (χ3n) is 5.18. The van der Waals surface area contributed by atoms with Crippen LogP contribution in [0.2, 0.25) is 0 Å². The van der Waals surface area contributed by atoms with Crippen LogP contribution in [-0.4, -0.2) is 25.9 Å². The second-order valence-corrected chi connectivity index (χ2v) is 9.22. The number of carbonyl (C=O) groups excluding carboxylic acids is 2. The Morgan fingerprint density at radius 2 is 1.67 bits per heavy atom. The maximum absolute atomic E-state index is 13.1. The zero-order valence-corrected chi connectivity index (χ0v) is 18.6. The fraction of sp³-hybridized carbons (Fsp3) is 0.0800. The number of nitrogens with zero attached hydrogens (tertiary/aromatic N) is 1. The molecule has 3 aromatic rings. The highest BCUT2D eigenvalue weighted by Gasteiger charge is 2.26. The molecule has 8 heteroatoms. The molecule has 0 saturated carbocycles. The summed E-state index contributed by atoms with van der Waals surface area (Å²) in [6.45, 7) is 3.57. The number of benzene rings is 3. The van der Waals surface area contributed by atoms with E-state index < -0.39 is 16.0 Å². The van der Waals surface area contributed by atoms with Crippen molar-refractivity contribution < 1.29 is 23.1 Å². The zero-order valence-electron chi connectivity index (χ0n) is 17.8. The van der Waals surface area contributed by atoms with Gasteiger partial charge in [0.05, 0.1) is 22.3 Å². The standard InChI is InChI=1S/C25H20N2O5S/c1-15-10-11-23(16(2)12-15)33(31,32)27-21-14-22(24(28)20-9-4-3-8-19(20)21)26-18-7-5-6-17(13-18)25(29)30/h3-14,26H,1-2H3,(H,29,30)/p-1. The van der Waals surface area contributed by atoms with E-state index in [1.165, 1.54) is 30.3 Å². The number of fused-ring (bicyclic) bond motifs is 1. The summed E-state index contributed by atoms with van der Waals surface area (Å²) >= 11 is 0. The summed E-state index contributed by atoms with van der Waals surface area (Å²) in [6.07, 6.45) is 1.36. The van der Waals surface area contributed by atoms with Gasteiger partial charge in [0.15, 0.2) is 0 Å². The van der Waals surface area contributed by atoms with Crippen molar-refractivity contribution in [3.05, 3.63) is 106 Å². The van der Waals surface area contributed by atoms with E-state index in [9.17, 15) is 23.1 Å². The molecule has 0 amide bonds. The summed E-state index contributed by atoms with van der Waals surface area (Å²) in [5, 5.41) is 14.0. The van der Waals surface area contributed by atoms with Crippen molar-refractivity contribution in [1.29, 1.82) is 0 Å². The first-order valence-corrected chi connectivity index (χ1v) is 11.5. The lowest BCUT2D eigenvalue weighted by Gasteiger charge is -2.19. The molecule has 7 nitrogen and oxygen atoms in total. The van der Waals surface area contributed by atoms with Crippen LogP contribution >= 0.6 is 0 Å². The van der Waals surface area contributed by atoms with E-state index in [1.54, 1.807) is 49.4 Å². The maximum atomic E-state index is 13.1. The van der Waals surface area contributed by atoms with E-state index in [1.807, 2.05) is 6.92 Å². The molecule has 0 saturated heterocycles. The van der Waals surface area contributed by atoms with Crippen molar-refractivity contribution in [2.24, 2.45) is 4.40 Å². The van der Waals surface area contributed by atoms with E-state index in [0.29, 0.717) is 16.8 Å². The second kappa shape index (κ2) is 8.48. The van der Waals surface area contributed by atoms with Crippen molar-refractivity contribution in [2.45, 2.75) is 18.7 Å². The van der Waals surface area contributed by atoms with Crippen LogP contribution in [0.5, 0.6) is 0 Å². The average Bonchev–Trinajstić information content (AvgIpc) is 2.76. The minimum absolute atomic E-state index is 0.0597. The average molecular weight is 460 g/mol. The number of nitrogens with one attached hydrogen (secondary N) is 1. The van der Waals surface area contributed by atoms with Gasteiger partial charge in [-0.1, -0.05) is 54.1 Å². The Balaban J connectivity index is 1.82. The summed E-state index contributed by atoms with van der Waals surface area (Å²) in [5.74, 6) is -1.72. The van der Waals surface area contributed by atoms with E-state index in [-0.39, 0.29) is 33.2 Å². The van der Waals surface area contributed by atoms with Gasteiger partial charge in [-0.25, -0.2) is 0 Å². The molecule has 0 atom stereocenters. The van der Waals surface area contributed by atoms with Gasteiger partial charge in [-0.3, -0.25) is 4.79 Å². The Morgan fingerprint density at radius 3 is 2.36 bits per heavy atom. The molecule has 0 fully saturated rings. The van der Waals surface area contributed by atoms with Crippen LogP contribution in [0.3, 0.4) is 0 Å². The van der Waals surface area contributed by atoms with Crippen LogP contribution < -0.4 is 10.4 Å². The maximum Gasteiger partial charge on any atom is 0.283 e. The van der Waals surface area contributed by atoms with Gasteiger partial charge in [0, 0.05) is 16.8 Å². The lowest BCUT2D eigenvalue weighted by Crippen LogP contribution is -2.24. The zero-order chi connectivity index (χ0) is 23.8. The van der Waals surface area contributed by atoms with Crippen LogP contribution in [0.4, 0.5) is 5.69 Å². The van der Waals surface area contributed by atoms with Crippen LogP contribution in [0.25, 0.3) is 0 Å². The molecule has 1 N–H and O–H groups in total. The molecule has 166 valence electrons. The second-order valence-electron chi connectivity index (χ2n) is 7.65. The molecule has 0 unspecified atom stereocenters. The largest absolute Gasteiger partial charge is 0.545 e. The van der Waals surface area contributed by atoms with E-state index >= 15 is 0 Å². The van der Waals surface area contributed by atoms with Gasteiger partial charge in [-0.2, -0.15) is 12.8 Å². The number of rotatable bonds is 5. The molecule has 1 aliphatic carbocycles. The molecule has 1 aliphatic rings. The Morgan fingerprint density at radius 1 is 0.939 bits per heavy atom. The number of aromatic carboxylic acids is 1. The number of sulfonamides is 1.